The first-order valence-electron chi connectivity index (χ1n) is 35.2. The highest BCUT2D eigenvalue weighted by atomic mass is 16.7. The van der Waals surface area contributed by atoms with Gasteiger partial charge in [-0.3, -0.25) is 19.2 Å². The zero-order chi connectivity index (χ0) is 70.0. The van der Waals surface area contributed by atoms with Crippen LogP contribution < -0.4 is 0 Å². The molecule has 28 atom stereocenters. The van der Waals surface area contributed by atoms with Crippen molar-refractivity contribution in [3.63, 3.8) is 0 Å². The highest BCUT2D eigenvalue weighted by Gasteiger charge is 2.89. The summed E-state index contributed by atoms with van der Waals surface area (Å²) in [6.07, 6.45) is 15.7. The summed E-state index contributed by atoms with van der Waals surface area (Å²) < 4.78 is 81.6. The number of esters is 2. The third-order valence-corrected chi connectivity index (χ3v) is 24.9. The van der Waals surface area contributed by atoms with Gasteiger partial charge in [-0.25, -0.2) is 0 Å². The van der Waals surface area contributed by atoms with E-state index >= 15 is 0 Å². The molecule has 7 aliphatic heterocycles. The fourth-order valence-electron chi connectivity index (χ4n) is 19.8. The van der Waals surface area contributed by atoms with Crippen LogP contribution in [0.5, 0.6) is 0 Å². The van der Waals surface area contributed by atoms with Crippen molar-refractivity contribution in [3.8, 4) is 0 Å². The Balaban J connectivity index is 0.000000215. The van der Waals surface area contributed by atoms with E-state index in [0.717, 1.165) is 17.6 Å². The molecule has 28 unspecified atom stereocenters. The Morgan fingerprint density at radius 3 is 2.23 bits per heavy atom. The minimum Gasteiger partial charge on any atom is -0.504 e. The molecule has 2 spiro atoms. The molecule has 5 saturated heterocycles. The maximum absolute atomic E-state index is 14.3. The molecule has 2 bridgehead atoms. The molecule has 12 aliphatic rings. The topological polar surface area (TPSA) is 276 Å². The van der Waals surface area contributed by atoms with Crippen molar-refractivity contribution < 1.29 is 101 Å². The van der Waals surface area contributed by atoms with Crippen molar-refractivity contribution >= 4 is 23.5 Å². The van der Waals surface area contributed by atoms with Crippen LogP contribution in [-0.4, -0.2) is 180 Å². The van der Waals surface area contributed by atoms with E-state index in [-0.39, 0.29) is 66.2 Å². The molecule has 2 saturated carbocycles. The smallest absolute Gasteiger partial charge is 0.316 e. The van der Waals surface area contributed by atoms with Gasteiger partial charge in [-0.05, 0) is 126 Å². The summed E-state index contributed by atoms with van der Waals surface area (Å²) in [7, 11) is 3.22. The number of methoxy groups -OCH3 is 2. The molecule has 7 fully saturated rings. The van der Waals surface area contributed by atoms with Crippen molar-refractivity contribution in [2.45, 2.75) is 269 Å². The van der Waals surface area contributed by atoms with Crippen molar-refractivity contribution in [2.24, 2.45) is 51.2 Å². The van der Waals surface area contributed by atoms with Crippen molar-refractivity contribution in [3.05, 3.63) is 107 Å². The van der Waals surface area contributed by atoms with E-state index < -0.39 is 142 Å². The van der Waals surface area contributed by atoms with Crippen molar-refractivity contribution in [1.29, 1.82) is 0 Å². The van der Waals surface area contributed by atoms with Gasteiger partial charge in [0.2, 0.25) is 5.78 Å². The third-order valence-electron chi connectivity index (χ3n) is 24.9. The molecule has 0 amide bonds. The van der Waals surface area contributed by atoms with Gasteiger partial charge < -0.3 is 81.7 Å². The van der Waals surface area contributed by atoms with Crippen LogP contribution in [0.15, 0.2) is 106 Å². The minimum atomic E-state index is -1.84. The Bertz CT molecular complexity index is 3400. The SMILES string of the molecule is CC(=O)OC1CC2(C)C(c3ccoc3)CC3OC32C2(C)C(=O)C(O)=C3C(C)(C)C(=O)C=CC3(C)C12.CCC(C)C1OC2(C=CC1C)CC1CC(CC=C(C)C(OC3CC(OC)C(OC4CC(OC)C(O)C(C)O4)C(C)O3)C(C)C=CC=C3COC4C(O)C(C)=CC(C(=O)O1)C34O)O2. The molecule has 0 radical (unpaired) electrons. The van der Waals surface area contributed by atoms with Crippen molar-refractivity contribution in [2.75, 3.05) is 20.8 Å². The lowest BCUT2D eigenvalue weighted by Gasteiger charge is -2.64. The highest BCUT2D eigenvalue weighted by molar-refractivity contribution is 6.06. The highest BCUT2D eigenvalue weighted by Crippen LogP contribution is 2.81. The molecular formula is C76H104O21. The van der Waals surface area contributed by atoms with Crippen LogP contribution in [0.3, 0.4) is 0 Å². The van der Waals surface area contributed by atoms with Crippen LogP contribution >= 0.6 is 0 Å². The molecule has 21 heteroatoms. The molecular weight excluding hydrogens is 1250 g/mol. The fourth-order valence-corrected chi connectivity index (χ4v) is 19.8. The largest absolute Gasteiger partial charge is 0.504 e. The summed E-state index contributed by atoms with van der Waals surface area (Å²) in [5.41, 5.74) is -2.92. The quantitative estimate of drug-likeness (QED) is 0.0963. The summed E-state index contributed by atoms with van der Waals surface area (Å²) in [5.74, 6) is -4.40. The lowest BCUT2D eigenvalue weighted by atomic mass is 9.38. The zero-order valence-electron chi connectivity index (χ0n) is 59.2. The van der Waals surface area contributed by atoms with Gasteiger partial charge in [0.25, 0.3) is 0 Å². The molecule has 534 valence electrons. The first-order chi connectivity index (χ1) is 45.8. The monoisotopic (exact) mass is 1350 g/mol. The molecule has 13 rings (SSSR count). The number of hydrogen-bond acceptors (Lipinski definition) is 21. The molecule has 8 heterocycles. The Kier molecular flexibility index (Phi) is 19.6. The van der Waals surface area contributed by atoms with Crippen molar-refractivity contribution in [1.82, 2.24) is 0 Å². The van der Waals surface area contributed by atoms with E-state index in [0.29, 0.717) is 61.7 Å². The number of rotatable bonds is 10. The average Bonchev–Trinajstić information content (AvgIpc) is 1.46. The van der Waals surface area contributed by atoms with Crippen LogP contribution in [0.4, 0.5) is 0 Å². The van der Waals surface area contributed by atoms with Crippen LogP contribution in [0, 0.1) is 51.2 Å². The van der Waals surface area contributed by atoms with Gasteiger partial charge in [-0.15, -0.1) is 0 Å². The Morgan fingerprint density at radius 1 is 0.825 bits per heavy atom. The number of aliphatic hydroxyl groups is 4. The summed E-state index contributed by atoms with van der Waals surface area (Å²) in [6.45, 7) is 26.9. The maximum atomic E-state index is 14.3. The van der Waals surface area contributed by atoms with Crippen LogP contribution in [0.2, 0.25) is 0 Å². The Labute approximate surface area is 570 Å². The number of carbonyl (C=O) groups excluding carboxylic acids is 4. The van der Waals surface area contributed by atoms with Crippen LogP contribution in [0.1, 0.15) is 160 Å². The average molecular weight is 1350 g/mol. The molecule has 1 aromatic heterocycles. The first kappa shape index (κ1) is 71.8. The number of aliphatic hydroxyl groups excluding tert-OH is 3. The standard InChI is InChI=1S/C48H72O14.C28H32O7/c1-11-25(2)43-28(5)17-18-47(62-43)23-34-20-33(61-47)16-15-27(4)42(26(3)13-12-14-32-24-55-45-40(49)29(6)19-35(46(51)58-34)48(32,45)52)59-39-22-37(54-10)44(31(8)57-39)60-38-21-36(53-9)41(50)30(7)56-38;1-14(29)34-17-12-26(5)16(15-8-10-33-13-15)11-19-28(26,35-19)27(6)21(17)25(4)9-7-18(30)24(2,3)22(25)20(31)23(27)32/h12-15,17-19,25-26,28,30-31,33-45,49-50,52H,11,16,20-24H2,1-10H3;7-10,13,16-17,19,21,31H,11-12H2,1-6H3. The zero-order valence-corrected chi connectivity index (χ0v) is 59.2. The molecule has 97 heavy (non-hydrogen) atoms. The number of hydrogen-bond donors (Lipinski definition) is 4. The predicted molar refractivity (Wildman–Crippen MR) is 352 cm³/mol. The Hall–Kier alpha value is -4.98. The fraction of sp³-hybridized carbons (Fsp3) is 0.711. The third kappa shape index (κ3) is 11.8. The molecule has 21 nitrogen and oxygen atoms in total. The second-order valence-electron chi connectivity index (χ2n) is 31.3. The predicted octanol–water partition coefficient (Wildman–Crippen LogP) is 9.81. The van der Waals surface area contributed by atoms with E-state index in [9.17, 15) is 39.6 Å². The number of allylic oxidation sites excluding steroid dienone is 6. The summed E-state index contributed by atoms with van der Waals surface area (Å²) in [5, 5.41) is 45.7. The number of carbonyl (C=O) groups is 4. The lowest BCUT2D eigenvalue weighted by Crippen LogP contribution is -2.70. The first-order valence-corrected chi connectivity index (χ1v) is 35.2. The van der Waals surface area contributed by atoms with E-state index in [4.69, 9.17) is 61.3 Å². The van der Waals surface area contributed by atoms with Crippen LogP contribution in [0.25, 0.3) is 0 Å². The molecule has 4 N–H and O–H groups in total. The van der Waals surface area contributed by atoms with Gasteiger partial charge in [0.05, 0.1) is 78.8 Å². The summed E-state index contributed by atoms with van der Waals surface area (Å²) in [4.78, 5) is 54.0. The Morgan fingerprint density at radius 2 is 1.54 bits per heavy atom. The number of ketones is 2. The van der Waals surface area contributed by atoms with Gasteiger partial charge in [0.15, 0.2) is 29.9 Å². The number of furan rings is 1. The second kappa shape index (κ2) is 26.4. The molecule has 1 aromatic rings. The summed E-state index contributed by atoms with van der Waals surface area (Å²) in [6, 6.07) is 1.95. The number of epoxide rings is 1. The van der Waals surface area contributed by atoms with E-state index in [1.165, 1.54) is 6.92 Å². The molecule has 0 aromatic carbocycles. The van der Waals surface area contributed by atoms with Gasteiger partial charge in [-0.2, -0.15) is 0 Å². The number of ether oxygens (including phenoxy) is 12. The number of fused-ring (bicyclic) bond motifs is 5. The van der Waals surface area contributed by atoms with Crippen LogP contribution in [-0.2, 0) is 76.0 Å². The second-order valence-corrected chi connectivity index (χ2v) is 31.3. The normalized spacial score (nSPS) is 47.0. The summed E-state index contributed by atoms with van der Waals surface area (Å²) >= 11 is 0. The van der Waals surface area contributed by atoms with E-state index in [2.05, 4.69) is 46.8 Å². The number of Topliss-reactive ketones (excluding diaryl/α,β-unsaturated/α-hetero) is 1. The maximum Gasteiger partial charge on any atom is 0.316 e. The van der Waals surface area contributed by atoms with E-state index in [1.54, 1.807) is 78.7 Å². The van der Waals surface area contributed by atoms with Gasteiger partial charge >= 0.3 is 11.9 Å². The minimum absolute atomic E-state index is 0.0317. The van der Waals surface area contributed by atoms with Gasteiger partial charge in [0.1, 0.15) is 53.7 Å². The van der Waals surface area contributed by atoms with Gasteiger partial charge in [-0.1, -0.05) is 90.5 Å². The molecule has 5 aliphatic carbocycles. The lowest BCUT2D eigenvalue weighted by molar-refractivity contribution is -0.318. The van der Waals surface area contributed by atoms with E-state index in [1.807, 2.05) is 52.0 Å². The van der Waals surface area contributed by atoms with Gasteiger partial charge in [0, 0.05) is 75.4 Å².